The molecule has 0 fully saturated rings. The fourth-order valence-corrected chi connectivity index (χ4v) is 2.99. The minimum Gasteiger partial charge on any atom is -0.496 e. The van der Waals surface area contributed by atoms with Gasteiger partial charge in [-0.05, 0) is 24.5 Å². The van der Waals surface area contributed by atoms with E-state index in [1.54, 1.807) is 7.11 Å². The number of rotatable bonds is 10. The summed E-state index contributed by atoms with van der Waals surface area (Å²) in [5, 5.41) is 6.78. The van der Waals surface area contributed by atoms with E-state index in [0.717, 1.165) is 60.7 Å². The van der Waals surface area contributed by atoms with Crippen LogP contribution in [0.5, 0.6) is 5.75 Å². The first-order valence-electron chi connectivity index (χ1n) is 9.84. The smallest absolute Gasteiger partial charge is 0.225 e. The van der Waals surface area contributed by atoms with Crippen molar-refractivity contribution in [2.45, 2.75) is 26.2 Å². The molecule has 1 heterocycles. The van der Waals surface area contributed by atoms with Crippen molar-refractivity contribution >= 4 is 11.8 Å². The molecule has 0 atom stereocenters. The molecule has 0 aliphatic rings. The molecule has 5 nitrogen and oxygen atoms in total. The number of ether oxygens (including phenoxy) is 1. The fraction of sp³-hybridized carbons (Fsp3) is 0.304. The van der Waals surface area contributed by atoms with Crippen LogP contribution in [0.15, 0.2) is 60.7 Å². The summed E-state index contributed by atoms with van der Waals surface area (Å²) in [6, 6.07) is 20.3. The van der Waals surface area contributed by atoms with E-state index in [-0.39, 0.29) is 0 Å². The summed E-state index contributed by atoms with van der Waals surface area (Å²) in [7, 11) is 1.70. The Balaban J connectivity index is 1.74. The second kappa shape index (κ2) is 10.3. The summed E-state index contributed by atoms with van der Waals surface area (Å²) in [6.45, 7) is 3.82. The summed E-state index contributed by atoms with van der Waals surface area (Å²) < 4.78 is 5.43. The van der Waals surface area contributed by atoms with Crippen molar-refractivity contribution in [2.24, 2.45) is 0 Å². The molecule has 1 aromatic heterocycles. The molecule has 0 saturated heterocycles. The van der Waals surface area contributed by atoms with Crippen LogP contribution in [-0.2, 0) is 6.42 Å². The zero-order valence-corrected chi connectivity index (χ0v) is 16.6. The summed E-state index contributed by atoms with van der Waals surface area (Å²) in [6.07, 6.45) is 3.09. The highest BCUT2D eigenvalue weighted by Gasteiger charge is 2.07. The third-order valence-electron chi connectivity index (χ3n) is 4.50. The van der Waals surface area contributed by atoms with Crippen LogP contribution in [0.3, 0.4) is 0 Å². The van der Waals surface area contributed by atoms with E-state index in [1.807, 2.05) is 42.5 Å². The SMILES string of the molecule is CCCCNc1cc(-c2ccccc2)nc(NCCc2ccccc2OC)n1. The molecule has 28 heavy (non-hydrogen) atoms. The maximum Gasteiger partial charge on any atom is 0.225 e. The Morgan fingerprint density at radius 1 is 0.893 bits per heavy atom. The van der Waals surface area contributed by atoms with E-state index in [0.29, 0.717) is 5.95 Å². The molecule has 3 aromatic rings. The standard InChI is InChI=1S/C23H28N4O/c1-3-4-15-24-22-17-20(18-10-6-5-7-11-18)26-23(27-22)25-16-14-19-12-8-9-13-21(19)28-2/h5-13,17H,3-4,14-16H2,1-2H3,(H2,24,25,26,27). The zero-order valence-electron chi connectivity index (χ0n) is 16.6. The lowest BCUT2D eigenvalue weighted by atomic mass is 10.1. The van der Waals surface area contributed by atoms with Gasteiger partial charge in [0, 0.05) is 24.7 Å². The average Bonchev–Trinajstić information content (AvgIpc) is 2.75. The first-order chi connectivity index (χ1) is 13.8. The van der Waals surface area contributed by atoms with E-state index < -0.39 is 0 Å². The quantitative estimate of drug-likeness (QED) is 0.487. The first-order valence-corrected chi connectivity index (χ1v) is 9.84. The van der Waals surface area contributed by atoms with Crippen molar-refractivity contribution in [3.63, 3.8) is 0 Å². The molecule has 146 valence electrons. The summed E-state index contributed by atoms with van der Waals surface area (Å²) in [4.78, 5) is 9.35. The molecule has 3 rings (SSSR count). The second-order valence-electron chi connectivity index (χ2n) is 6.60. The third kappa shape index (κ3) is 5.46. The molecular weight excluding hydrogens is 348 g/mol. The van der Waals surface area contributed by atoms with Gasteiger partial charge in [-0.25, -0.2) is 4.98 Å². The van der Waals surface area contributed by atoms with E-state index in [1.165, 1.54) is 0 Å². The molecule has 0 aliphatic heterocycles. The molecule has 0 aliphatic carbocycles. The van der Waals surface area contributed by atoms with Gasteiger partial charge in [-0.1, -0.05) is 61.9 Å². The molecule has 2 aromatic carbocycles. The van der Waals surface area contributed by atoms with Crippen LogP contribution in [0.2, 0.25) is 0 Å². The topological polar surface area (TPSA) is 59.1 Å². The number of hydrogen-bond donors (Lipinski definition) is 2. The Morgan fingerprint density at radius 3 is 2.46 bits per heavy atom. The monoisotopic (exact) mass is 376 g/mol. The van der Waals surface area contributed by atoms with Crippen LogP contribution in [-0.4, -0.2) is 30.2 Å². The summed E-state index contributed by atoms with van der Waals surface area (Å²) >= 11 is 0. The second-order valence-corrected chi connectivity index (χ2v) is 6.60. The third-order valence-corrected chi connectivity index (χ3v) is 4.50. The van der Waals surface area contributed by atoms with Crippen LogP contribution in [0.25, 0.3) is 11.3 Å². The van der Waals surface area contributed by atoms with Crippen LogP contribution in [0, 0.1) is 0 Å². The molecule has 0 bridgehead atoms. The molecule has 0 amide bonds. The van der Waals surface area contributed by atoms with Crippen molar-refractivity contribution < 1.29 is 4.74 Å². The lowest BCUT2D eigenvalue weighted by Crippen LogP contribution is -2.11. The largest absolute Gasteiger partial charge is 0.496 e. The van der Waals surface area contributed by atoms with E-state index in [2.05, 4.69) is 40.7 Å². The van der Waals surface area contributed by atoms with Gasteiger partial charge in [-0.3, -0.25) is 0 Å². The Morgan fingerprint density at radius 2 is 1.68 bits per heavy atom. The van der Waals surface area contributed by atoms with Gasteiger partial charge in [-0.15, -0.1) is 0 Å². The van der Waals surface area contributed by atoms with E-state index in [4.69, 9.17) is 9.72 Å². The van der Waals surface area contributed by atoms with Gasteiger partial charge < -0.3 is 15.4 Å². The predicted octanol–water partition coefficient (Wildman–Crippen LogP) is 5.02. The fourth-order valence-electron chi connectivity index (χ4n) is 2.99. The van der Waals surface area contributed by atoms with Crippen molar-refractivity contribution in [2.75, 3.05) is 30.8 Å². The molecule has 2 N–H and O–H groups in total. The maximum absolute atomic E-state index is 5.43. The first kappa shape index (κ1) is 19.7. The van der Waals surface area contributed by atoms with Gasteiger partial charge >= 0.3 is 0 Å². The number of anilines is 2. The van der Waals surface area contributed by atoms with E-state index in [9.17, 15) is 0 Å². The Kier molecular flexibility index (Phi) is 7.24. The maximum atomic E-state index is 5.43. The van der Waals surface area contributed by atoms with Crippen LogP contribution >= 0.6 is 0 Å². The molecule has 0 radical (unpaired) electrons. The van der Waals surface area contributed by atoms with Gasteiger partial charge in [0.15, 0.2) is 0 Å². The van der Waals surface area contributed by atoms with Gasteiger partial charge in [0.1, 0.15) is 11.6 Å². The van der Waals surface area contributed by atoms with Crippen molar-refractivity contribution in [3.8, 4) is 17.0 Å². The molecule has 5 heteroatoms. The Bertz CT molecular complexity index is 867. The Labute approximate surface area is 167 Å². The minimum atomic E-state index is 0.634. The number of nitrogens with zero attached hydrogens (tertiary/aromatic N) is 2. The molecule has 0 unspecified atom stereocenters. The van der Waals surface area contributed by atoms with Crippen LogP contribution in [0.1, 0.15) is 25.3 Å². The van der Waals surface area contributed by atoms with Gasteiger partial charge in [-0.2, -0.15) is 4.98 Å². The van der Waals surface area contributed by atoms with Crippen molar-refractivity contribution in [1.82, 2.24) is 9.97 Å². The van der Waals surface area contributed by atoms with E-state index >= 15 is 0 Å². The van der Waals surface area contributed by atoms with Gasteiger partial charge in [0.2, 0.25) is 5.95 Å². The highest BCUT2D eigenvalue weighted by Crippen LogP contribution is 2.22. The minimum absolute atomic E-state index is 0.634. The number of aromatic nitrogens is 2. The molecular formula is C23H28N4O. The molecule has 0 spiro atoms. The molecule has 0 saturated carbocycles. The van der Waals surface area contributed by atoms with Crippen molar-refractivity contribution in [3.05, 3.63) is 66.2 Å². The predicted molar refractivity (Wildman–Crippen MR) is 116 cm³/mol. The number of para-hydroxylation sites is 1. The van der Waals surface area contributed by atoms with Crippen LogP contribution in [0.4, 0.5) is 11.8 Å². The summed E-state index contributed by atoms with van der Waals surface area (Å²) in [5.74, 6) is 2.39. The lowest BCUT2D eigenvalue weighted by molar-refractivity contribution is 0.410. The number of methoxy groups -OCH3 is 1. The lowest BCUT2D eigenvalue weighted by Gasteiger charge is -2.12. The normalized spacial score (nSPS) is 10.5. The average molecular weight is 377 g/mol. The number of benzene rings is 2. The highest BCUT2D eigenvalue weighted by atomic mass is 16.5. The van der Waals surface area contributed by atoms with Gasteiger partial charge in [0.25, 0.3) is 0 Å². The highest BCUT2D eigenvalue weighted by molar-refractivity contribution is 5.64. The summed E-state index contributed by atoms with van der Waals surface area (Å²) in [5.41, 5.74) is 3.16. The van der Waals surface area contributed by atoms with Crippen LogP contribution < -0.4 is 15.4 Å². The van der Waals surface area contributed by atoms with Gasteiger partial charge in [0.05, 0.1) is 12.8 Å². The Hall–Kier alpha value is -3.08. The zero-order chi connectivity index (χ0) is 19.6. The van der Waals surface area contributed by atoms with Crippen molar-refractivity contribution in [1.29, 1.82) is 0 Å². The number of unbranched alkanes of at least 4 members (excludes halogenated alkanes) is 1. The number of hydrogen-bond acceptors (Lipinski definition) is 5. The number of nitrogens with one attached hydrogen (secondary N) is 2.